The van der Waals surface area contributed by atoms with Crippen molar-refractivity contribution in [3.8, 4) is 11.5 Å². The number of aromatic nitrogens is 3. The minimum absolute atomic E-state index is 0.453. The second kappa shape index (κ2) is 9.52. The standard InChI is InChI=1S/C21H25N5O/c1-3-14-26(15-4-2)20-16-22-25-21(24-20)23-18-12-8-9-13-19(18)27-17-10-6-5-7-11-17/h5-13,16H,3-4,14-15H2,1-2H3,(H,23,24,25). The third kappa shape index (κ3) is 5.17. The number of rotatable bonds is 9. The highest BCUT2D eigenvalue weighted by Gasteiger charge is 2.11. The van der Waals surface area contributed by atoms with Crippen molar-refractivity contribution in [2.24, 2.45) is 0 Å². The van der Waals surface area contributed by atoms with Crippen LogP contribution in [0.15, 0.2) is 60.8 Å². The van der Waals surface area contributed by atoms with E-state index in [1.165, 1.54) is 0 Å². The quantitative estimate of drug-likeness (QED) is 0.575. The summed E-state index contributed by atoms with van der Waals surface area (Å²) in [6.45, 7) is 6.21. The van der Waals surface area contributed by atoms with Gasteiger partial charge in [-0.15, -0.1) is 5.10 Å². The Morgan fingerprint density at radius 1 is 0.926 bits per heavy atom. The Hall–Kier alpha value is -3.15. The first-order chi connectivity index (χ1) is 13.3. The Labute approximate surface area is 160 Å². The Bertz CT molecular complexity index is 835. The van der Waals surface area contributed by atoms with Crippen LogP contribution >= 0.6 is 0 Å². The molecule has 0 amide bonds. The van der Waals surface area contributed by atoms with Crippen LogP contribution in [0.2, 0.25) is 0 Å². The fraction of sp³-hybridized carbons (Fsp3) is 0.286. The van der Waals surface area contributed by atoms with Crippen molar-refractivity contribution in [3.05, 3.63) is 60.8 Å². The van der Waals surface area contributed by atoms with E-state index in [-0.39, 0.29) is 0 Å². The Kier molecular flexibility index (Phi) is 6.57. The number of nitrogens with zero attached hydrogens (tertiary/aromatic N) is 4. The van der Waals surface area contributed by atoms with E-state index in [9.17, 15) is 0 Å². The van der Waals surface area contributed by atoms with E-state index in [0.29, 0.717) is 11.7 Å². The average Bonchev–Trinajstić information content (AvgIpc) is 2.70. The molecule has 0 aliphatic carbocycles. The van der Waals surface area contributed by atoms with Crippen molar-refractivity contribution in [2.45, 2.75) is 26.7 Å². The zero-order valence-corrected chi connectivity index (χ0v) is 15.8. The number of nitrogens with one attached hydrogen (secondary N) is 1. The second-order valence-electron chi connectivity index (χ2n) is 6.16. The summed E-state index contributed by atoms with van der Waals surface area (Å²) in [5.74, 6) is 2.76. The summed E-state index contributed by atoms with van der Waals surface area (Å²) >= 11 is 0. The maximum atomic E-state index is 5.99. The molecule has 2 aromatic carbocycles. The van der Waals surface area contributed by atoms with Crippen molar-refractivity contribution in [2.75, 3.05) is 23.3 Å². The summed E-state index contributed by atoms with van der Waals surface area (Å²) in [6.07, 6.45) is 3.82. The van der Waals surface area contributed by atoms with Gasteiger partial charge in [0, 0.05) is 13.1 Å². The number of hydrogen-bond donors (Lipinski definition) is 1. The molecule has 1 heterocycles. The van der Waals surface area contributed by atoms with E-state index in [1.807, 2.05) is 54.6 Å². The van der Waals surface area contributed by atoms with Gasteiger partial charge < -0.3 is 15.0 Å². The summed E-state index contributed by atoms with van der Waals surface area (Å²) in [5.41, 5.74) is 0.790. The predicted octanol–water partition coefficient (Wildman–Crippen LogP) is 5.03. The lowest BCUT2D eigenvalue weighted by Gasteiger charge is -2.22. The highest BCUT2D eigenvalue weighted by Crippen LogP contribution is 2.30. The van der Waals surface area contributed by atoms with Gasteiger partial charge in [0.1, 0.15) is 5.75 Å². The van der Waals surface area contributed by atoms with Gasteiger partial charge in [-0.05, 0) is 37.1 Å². The van der Waals surface area contributed by atoms with E-state index in [0.717, 1.165) is 43.2 Å². The minimum atomic E-state index is 0.453. The third-order valence-corrected chi connectivity index (χ3v) is 3.96. The first-order valence-electron chi connectivity index (χ1n) is 9.33. The Balaban J connectivity index is 1.80. The van der Waals surface area contributed by atoms with Gasteiger partial charge in [0.25, 0.3) is 0 Å². The van der Waals surface area contributed by atoms with Crippen LogP contribution in [0.1, 0.15) is 26.7 Å². The number of anilines is 3. The zero-order chi connectivity index (χ0) is 18.9. The average molecular weight is 363 g/mol. The topological polar surface area (TPSA) is 63.2 Å². The molecule has 0 aliphatic rings. The molecule has 0 aliphatic heterocycles. The molecule has 0 unspecified atom stereocenters. The molecule has 1 aromatic heterocycles. The first-order valence-corrected chi connectivity index (χ1v) is 9.33. The lowest BCUT2D eigenvalue weighted by molar-refractivity contribution is 0.485. The highest BCUT2D eigenvalue weighted by atomic mass is 16.5. The van der Waals surface area contributed by atoms with Crippen LogP contribution in [0, 0.1) is 0 Å². The third-order valence-electron chi connectivity index (χ3n) is 3.96. The van der Waals surface area contributed by atoms with Crippen molar-refractivity contribution in [1.82, 2.24) is 15.2 Å². The van der Waals surface area contributed by atoms with Crippen LogP contribution in [-0.2, 0) is 0 Å². The molecule has 0 fully saturated rings. The van der Waals surface area contributed by atoms with Crippen LogP contribution in [0.5, 0.6) is 11.5 Å². The summed E-state index contributed by atoms with van der Waals surface area (Å²) < 4.78 is 5.99. The molecule has 3 aromatic rings. The molecule has 3 rings (SSSR count). The van der Waals surface area contributed by atoms with Crippen LogP contribution in [0.25, 0.3) is 0 Å². The number of ether oxygens (including phenoxy) is 1. The summed E-state index contributed by atoms with van der Waals surface area (Å²) in [5, 5.41) is 11.5. The lowest BCUT2D eigenvalue weighted by Crippen LogP contribution is -2.26. The van der Waals surface area contributed by atoms with Gasteiger partial charge in [-0.1, -0.05) is 44.2 Å². The minimum Gasteiger partial charge on any atom is -0.455 e. The van der Waals surface area contributed by atoms with Crippen LogP contribution in [0.3, 0.4) is 0 Å². The van der Waals surface area contributed by atoms with Gasteiger partial charge in [0.05, 0.1) is 11.9 Å². The van der Waals surface area contributed by atoms with E-state index in [1.54, 1.807) is 6.20 Å². The highest BCUT2D eigenvalue weighted by molar-refractivity contribution is 5.63. The molecule has 0 spiro atoms. The molecule has 0 saturated heterocycles. The maximum absolute atomic E-state index is 5.99. The molecule has 140 valence electrons. The molecule has 0 atom stereocenters. The van der Waals surface area contributed by atoms with Crippen LogP contribution < -0.4 is 15.0 Å². The fourth-order valence-corrected chi connectivity index (χ4v) is 2.78. The molecule has 27 heavy (non-hydrogen) atoms. The van der Waals surface area contributed by atoms with E-state index in [2.05, 4.69) is 39.2 Å². The van der Waals surface area contributed by atoms with Crippen LogP contribution in [-0.4, -0.2) is 28.3 Å². The molecular weight excluding hydrogens is 338 g/mol. The van der Waals surface area contributed by atoms with Crippen molar-refractivity contribution in [1.29, 1.82) is 0 Å². The summed E-state index contributed by atoms with van der Waals surface area (Å²) in [7, 11) is 0. The maximum Gasteiger partial charge on any atom is 0.249 e. The summed E-state index contributed by atoms with van der Waals surface area (Å²) in [4.78, 5) is 6.87. The van der Waals surface area contributed by atoms with Gasteiger partial charge in [-0.3, -0.25) is 0 Å². The SMILES string of the molecule is CCCN(CCC)c1cnnc(Nc2ccccc2Oc2ccccc2)n1. The van der Waals surface area contributed by atoms with Crippen molar-refractivity contribution in [3.63, 3.8) is 0 Å². The zero-order valence-electron chi connectivity index (χ0n) is 15.8. The van der Waals surface area contributed by atoms with Crippen LogP contribution in [0.4, 0.5) is 17.5 Å². The normalized spacial score (nSPS) is 10.4. The molecule has 0 radical (unpaired) electrons. The number of hydrogen-bond acceptors (Lipinski definition) is 6. The molecule has 6 nitrogen and oxygen atoms in total. The smallest absolute Gasteiger partial charge is 0.249 e. The fourth-order valence-electron chi connectivity index (χ4n) is 2.78. The van der Waals surface area contributed by atoms with Gasteiger partial charge in [-0.25, -0.2) is 0 Å². The van der Waals surface area contributed by atoms with Crippen molar-refractivity contribution < 1.29 is 4.74 Å². The van der Waals surface area contributed by atoms with E-state index in [4.69, 9.17) is 4.74 Å². The lowest BCUT2D eigenvalue weighted by atomic mass is 10.3. The Morgan fingerprint density at radius 3 is 2.37 bits per heavy atom. The van der Waals surface area contributed by atoms with Gasteiger partial charge in [0.2, 0.25) is 5.95 Å². The molecule has 0 saturated carbocycles. The largest absolute Gasteiger partial charge is 0.455 e. The van der Waals surface area contributed by atoms with Crippen molar-refractivity contribution >= 4 is 17.5 Å². The van der Waals surface area contributed by atoms with E-state index >= 15 is 0 Å². The molecular formula is C21H25N5O. The van der Waals surface area contributed by atoms with Gasteiger partial charge >= 0.3 is 0 Å². The second-order valence-corrected chi connectivity index (χ2v) is 6.16. The van der Waals surface area contributed by atoms with Gasteiger partial charge in [0.15, 0.2) is 11.6 Å². The number of benzene rings is 2. The monoisotopic (exact) mass is 363 g/mol. The van der Waals surface area contributed by atoms with Gasteiger partial charge in [-0.2, -0.15) is 10.1 Å². The first kappa shape index (κ1) is 18.6. The molecule has 0 bridgehead atoms. The molecule has 6 heteroatoms. The Morgan fingerprint density at radius 2 is 1.63 bits per heavy atom. The molecule has 1 N–H and O–H groups in total. The number of para-hydroxylation sites is 3. The summed E-state index contributed by atoms with van der Waals surface area (Å²) in [6, 6.07) is 17.4. The van der Waals surface area contributed by atoms with E-state index < -0.39 is 0 Å². The predicted molar refractivity (Wildman–Crippen MR) is 109 cm³/mol.